The topological polar surface area (TPSA) is 32.3 Å². The summed E-state index contributed by atoms with van der Waals surface area (Å²) in [5.41, 5.74) is 0. The van der Waals surface area contributed by atoms with Gasteiger partial charge in [-0.3, -0.25) is 4.79 Å². The Hall–Kier alpha value is -0.870. The molecule has 2 rings (SSSR count). The van der Waals surface area contributed by atoms with E-state index >= 15 is 0 Å². The number of amides is 1. The van der Waals surface area contributed by atoms with E-state index in [-0.39, 0.29) is 17.9 Å². The molecule has 1 fully saturated rings. The van der Waals surface area contributed by atoms with E-state index in [1.807, 2.05) is 11.9 Å². The van der Waals surface area contributed by atoms with Crippen LogP contribution in [0.2, 0.25) is 0 Å². The summed E-state index contributed by atoms with van der Waals surface area (Å²) in [4.78, 5) is 16.9. The molecule has 0 aliphatic carbocycles. The molecular formula is C14H22N2OS. The fraction of sp³-hybridized carbons (Fsp3) is 0.643. The number of aryl methyl sites for hydroxylation is 1. The molecule has 1 aromatic heterocycles. The maximum atomic E-state index is 12.4. The number of hydrogen-bond acceptors (Lipinski definition) is 3. The predicted octanol–water partition coefficient (Wildman–Crippen LogP) is 2.58. The van der Waals surface area contributed by atoms with E-state index in [0.29, 0.717) is 0 Å². The number of hydrogen-bond donors (Lipinski definition) is 1. The van der Waals surface area contributed by atoms with Crippen LogP contribution < -0.4 is 5.32 Å². The van der Waals surface area contributed by atoms with Gasteiger partial charge in [-0.15, -0.1) is 11.3 Å². The van der Waals surface area contributed by atoms with Gasteiger partial charge in [0, 0.05) is 23.3 Å². The van der Waals surface area contributed by atoms with E-state index in [1.165, 1.54) is 9.75 Å². The van der Waals surface area contributed by atoms with Crippen LogP contribution in [0.1, 0.15) is 35.6 Å². The lowest BCUT2D eigenvalue weighted by atomic mass is 9.97. The first-order valence-electron chi connectivity index (χ1n) is 6.63. The van der Waals surface area contributed by atoms with Crippen molar-refractivity contribution in [1.29, 1.82) is 0 Å². The molecule has 2 unspecified atom stereocenters. The maximum Gasteiger partial charge on any atom is 0.227 e. The molecule has 1 aromatic rings. The van der Waals surface area contributed by atoms with Gasteiger partial charge in [0.05, 0.1) is 12.0 Å². The van der Waals surface area contributed by atoms with Gasteiger partial charge in [-0.25, -0.2) is 0 Å². The van der Waals surface area contributed by atoms with Crippen LogP contribution in [0.15, 0.2) is 12.1 Å². The quantitative estimate of drug-likeness (QED) is 0.912. The van der Waals surface area contributed by atoms with Crippen LogP contribution in [-0.2, 0) is 4.79 Å². The van der Waals surface area contributed by atoms with Gasteiger partial charge in [0.15, 0.2) is 0 Å². The van der Waals surface area contributed by atoms with Gasteiger partial charge in [0.2, 0.25) is 5.91 Å². The lowest BCUT2D eigenvalue weighted by molar-refractivity contribution is -0.136. The summed E-state index contributed by atoms with van der Waals surface area (Å²) < 4.78 is 0. The van der Waals surface area contributed by atoms with Crippen LogP contribution in [0, 0.1) is 12.8 Å². The molecule has 3 nitrogen and oxygen atoms in total. The molecule has 0 aromatic carbocycles. The zero-order valence-electron chi connectivity index (χ0n) is 11.4. The highest BCUT2D eigenvalue weighted by molar-refractivity contribution is 7.12. The number of nitrogens with one attached hydrogen (secondary N) is 1. The molecule has 0 bridgehead atoms. The van der Waals surface area contributed by atoms with Crippen molar-refractivity contribution in [2.24, 2.45) is 5.92 Å². The first-order valence-corrected chi connectivity index (χ1v) is 7.45. The lowest BCUT2D eigenvalue weighted by Crippen LogP contribution is -2.42. The molecule has 4 heteroatoms. The predicted molar refractivity (Wildman–Crippen MR) is 75.8 cm³/mol. The van der Waals surface area contributed by atoms with Crippen molar-refractivity contribution in [2.45, 2.75) is 32.7 Å². The van der Waals surface area contributed by atoms with Crippen molar-refractivity contribution < 1.29 is 4.79 Å². The second kappa shape index (κ2) is 5.85. The summed E-state index contributed by atoms with van der Waals surface area (Å²) in [5.74, 6) is 0.438. The average Bonchev–Trinajstić information content (AvgIpc) is 2.84. The summed E-state index contributed by atoms with van der Waals surface area (Å²) in [5, 5.41) is 3.31. The molecule has 1 amide bonds. The SMILES string of the molecule is Cc1ccc(C(C)N(C)C(=O)C2CCCNC2)s1. The molecule has 1 saturated heterocycles. The van der Waals surface area contributed by atoms with Gasteiger partial charge in [-0.1, -0.05) is 0 Å². The van der Waals surface area contributed by atoms with E-state index in [2.05, 4.69) is 31.3 Å². The van der Waals surface area contributed by atoms with Gasteiger partial charge < -0.3 is 10.2 Å². The van der Waals surface area contributed by atoms with E-state index in [9.17, 15) is 4.79 Å². The number of piperidine rings is 1. The van der Waals surface area contributed by atoms with Crippen LogP contribution in [0.4, 0.5) is 0 Å². The Kier molecular flexibility index (Phi) is 4.40. The Balaban J connectivity index is 2.01. The van der Waals surface area contributed by atoms with Crippen molar-refractivity contribution in [3.8, 4) is 0 Å². The first-order chi connectivity index (χ1) is 8.59. The molecule has 0 saturated carbocycles. The van der Waals surface area contributed by atoms with E-state index in [1.54, 1.807) is 11.3 Å². The van der Waals surface area contributed by atoms with Crippen LogP contribution in [0.5, 0.6) is 0 Å². The number of thiophene rings is 1. The molecule has 1 N–H and O–H groups in total. The third kappa shape index (κ3) is 2.93. The average molecular weight is 266 g/mol. The van der Waals surface area contributed by atoms with Crippen molar-refractivity contribution >= 4 is 17.2 Å². The van der Waals surface area contributed by atoms with Crippen molar-refractivity contribution in [1.82, 2.24) is 10.2 Å². The zero-order valence-corrected chi connectivity index (χ0v) is 12.2. The summed E-state index contributed by atoms with van der Waals surface area (Å²) in [6.45, 7) is 6.10. The van der Waals surface area contributed by atoms with Crippen LogP contribution in [0.3, 0.4) is 0 Å². The highest BCUT2D eigenvalue weighted by Gasteiger charge is 2.27. The third-order valence-electron chi connectivity index (χ3n) is 3.75. The van der Waals surface area contributed by atoms with Crippen molar-refractivity contribution in [3.05, 3.63) is 21.9 Å². The molecule has 1 aliphatic rings. The number of nitrogens with zero attached hydrogens (tertiary/aromatic N) is 1. The molecule has 100 valence electrons. The highest BCUT2D eigenvalue weighted by Crippen LogP contribution is 2.28. The normalized spacial score (nSPS) is 21.6. The van der Waals surface area contributed by atoms with Gasteiger partial charge in [0.1, 0.15) is 0 Å². The fourth-order valence-electron chi connectivity index (χ4n) is 2.41. The molecule has 0 spiro atoms. The summed E-state index contributed by atoms with van der Waals surface area (Å²) in [6, 6.07) is 4.43. The minimum atomic E-state index is 0.159. The van der Waals surface area contributed by atoms with Crippen molar-refractivity contribution in [3.63, 3.8) is 0 Å². The standard InChI is InChI=1S/C14H22N2OS/c1-10-6-7-13(18-10)11(2)16(3)14(17)12-5-4-8-15-9-12/h6-7,11-12,15H,4-5,8-9H2,1-3H3. The smallest absolute Gasteiger partial charge is 0.227 e. The van der Waals surface area contributed by atoms with Crippen molar-refractivity contribution in [2.75, 3.05) is 20.1 Å². The largest absolute Gasteiger partial charge is 0.338 e. The minimum Gasteiger partial charge on any atom is -0.338 e. The maximum absolute atomic E-state index is 12.4. The number of carbonyl (C=O) groups excluding carboxylic acids is 1. The summed E-state index contributed by atoms with van der Waals surface area (Å²) >= 11 is 1.78. The second-order valence-corrected chi connectivity index (χ2v) is 6.44. The van der Waals surface area contributed by atoms with Gasteiger partial charge >= 0.3 is 0 Å². The van der Waals surface area contributed by atoms with Crippen LogP contribution in [0.25, 0.3) is 0 Å². The Bertz CT molecular complexity index is 410. The third-order valence-corrected chi connectivity index (χ3v) is 4.92. The first kappa shape index (κ1) is 13.6. The van der Waals surface area contributed by atoms with E-state index in [0.717, 1.165) is 25.9 Å². The monoisotopic (exact) mass is 266 g/mol. The molecule has 1 aliphatic heterocycles. The molecule has 18 heavy (non-hydrogen) atoms. The Labute approximate surface area is 113 Å². The molecule has 0 radical (unpaired) electrons. The van der Waals surface area contributed by atoms with Gasteiger partial charge in [-0.2, -0.15) is 0 Å². The number of rotatable bonds is 3. The highest BCUT2D eigenvalue weighted by atomic mass is 32.1. The molecule has 2 heterocycles. The summed E-state index contributed by atoms with van der Waals surface area (Å²) in [7, 11) is 1.93. The Morgan fingerprint density at radius 2 is 2.33 bits per heavy atom. The van der Waals surface area contributed by atoms with Crippen LogP contribution >= 0.6 is 11.3 Å². The van der Waals surface area contributed by atoms with E-state index < -0.39 is 0 Å². The minimum absolute atomic E-state index is 0.159. The van der Waals surface area contributed by atoms with E-state index in [4.69, 9.17) is 0 Å². The summed E-state index contributed by atoms with van der Waals surface area (Å²) in [6.07, 6.45) is 2.13. The lowest BCUT2D eigenvalue weighted by Gasteiger charge is -2.30. The Morgan fingerprint density at radius 1 is 1.56 bits per heavy atom. The Morgan fingerprint density at radius 3 is 2.89 bits per heavy atom. The zero-order chi connectivity index (χ0) is 13.1. The van der Waals surface area contributed by atoms with Gasteiger partial charge in [-0.05, 0) is 45.4 Å². The van der Waals surface area contributed by atoms with Crippen LogP contribution in [-0.4, -0.2) is 30.9 Å². The molecular weight excluding hydrogens is 244 g/mol. The second-order valence-electron chi connectivity index (χ2n) is 5.12. The number of carbonyl (C=O) groups is 1. The fourth-order valence-corrected chi connectivity index (χ4v) is 3.38. The molecule has 2 atom stereocenters. The van der Waals surface area contributed by atoms with Gasteiger partial charge in [0.25, 0.3) is 0 Å².